The molecule has 0 aliphatic carbocycles. The molecule has 0 amide bonds. The fraction of sp³-hybridized carbons (Fsp3) is 0.294. The lowest BCUT2D eigenvalue weighted by atomic mass is 10.2. The summed E-state index contributed by atoms with van der Waals surface area (Å²) < 4.78 is 5.80. The summed E-state index contributed by atoms with van der Waals surface area (Å²) in [7, 11) is 4.00. The number of ether oxygens (including phenoxy) is 1. The Kier molecular flexibility index (Phi) is 5.94. The molecule has 0 atom stereocenters. The van der Waals surface area contributed by atoms with Crippen LogP contribution in [0.5, 0.6) is 5.75 Å². The van der Waals surface area contributed by atoms with Gasteiger partial charge < -0.3 is 20.1 Å². The van der Waals surface area contributed by atoms with Gasteiger partial charge in [-0.3, -0.25) is 0 Å². The third-order valence-corrected chi connectivity index (χ3v) is 3.20. The number of carboxylic acid groups (broad SMARTS) is 1. The lowest BCUT2D eigenvalue weighted by Gasteiger charge is -2.14. The van der Waals surface area contributed by atoms with E-state index in [1.54, 1.807) is 12.1 Å². The van der Waals surface area contributed by atoms with Gasteiger partial charge in [-0.15, -0.1) is 0 Å². The molecule has 0 unspecified atom stereocenters. The SMILES string of the molecule is CN(C)CCOc1ccccc1CNc1cccc(C(=O)O)n1. The summed E-state index contributed by atoms with van der Waals surface area (Å²) in [5.41, 5.74) is 1.01. The highest BCUT2D eigenvalue weighted by Crippen LogP contribution is 2.19. The van der Waals surface area contributed by atoms with Crippen molar-refractivity contribution in [3.05, 3.63) is 53.7 Å². The first-order valence-electron chi connectivity index (χ1n) is 7.36. The van der Waals surface area contributed by atoms with Gasteiger partial charge in [0.05, 0.1) is 0 Å². The van der Waals surface area contributed by atoms with Crippen LogP contribution in [0, 0.1) is 0 Å². The van der Waals surface area contributed by atoms with Crippen LogP contribution in [0.3, 0.4) is 0 Å². The van der Waals surface area contributed by atoms with Crippen molar-refractivity contribution in [1.29, 1.82) is 0 Å². The van der Waals surface area contributed by atoms with E-state index in [0.717, 1.165) is 17.9 Å². The number of hydrogen-bond acceptors (Lipinski definition) is 5. The Morgan fingerprint density at radius 2 is 2.00 bits per heavy atom. The van der Waals surface area contributed by atoms with Gasteiger partial charge in [-0.25, -0.2) is 9.78 Å². The van der Waals surface area contributed by atoms with Crippen LogP contribution in [0.2, 0.25) is 0 Å². The maximum Gasteiger partial charge on any atom is 0.354 e. The molecule has 2 aromatic rings. The van der Waals surface area contributed by atoms with E-state index in [1.165, 1.54) is 6.07 Å². The van der Waals surface area contributed by atoms with Crippen LogP contribution in [0.25, 0.3) is 0 Å². The van der Waals surface area contributed by atoms with Crippen molar-refractivity contribution in [3.63, 3.8) is 0 Å². The second-order valence-corrected chi connectivity index (χ2v) is 5.33. The minimum atomic E-state index is -1.04. The maximum absolute atomic E-state index is 10.9. The second kappa shape index (κ2) is 8.14. The quantitative estimate of drug-likeness (QED) is 0.779. The van der Waals surface area contributed by atoms with E-state index >= 15 is 0 Å². The van der Waals surface area contributed by atoms with Crippen LogP contribution in [0.15, 0.2) is 42.5 Å². The van der Waals surface area contributed by atoms with Crippen molar-refractivity contribution in [2.24, 2.45) is 0 Å². The van der Waals surface area contributed by atoms with Crippen LogP contribution in [-0.4, -0.2) is 48.2 Å². The van der Waals surface area contributed by atoms with Crippen LogP contribution in [0.1, 0.15) is 16.1 Å². The fourth-order valence-corrected chi connectivity index (χ4v) is 1.97. The standard InChI is InChI=1S/C17H21N3O3/c1-20(2)10-11-23-15-8-4-3-6-13(15)12-18-16-9-5-7-14(19-16)17(21)22/h3-9H,10-12H2,1-2H3,(H,18,19)(H,21,22). The molecule has 0 radical (unpaired) electrons. The van der Waals surface area contributed by atoms with E-state index in [4.69, 9.17) is 9.84 Å². The zero-order valence-corrected chi connectivity index (χ0v) is 13.3. The molecule has 0 aliphatic heterocycles. The molecule has 6 heteroatoms. The van der Waals surface area contributed by atoms with Gasteiger partial charge in [0, 0.05) is 18.7 Å². The van der Waals surface area contributed by atoms with Gasteiger partial charge in [0.2, 0.25) is 0 Å². The monoisotopic (exact) mass is 315 g/mol. The lowest BCUT2D eigenvalue weighted by Crippen LogP contribution is -2.19. The Morgan fingerprint density at radius 1 is 1.22 bits per heavy atom. The van der Waals surface area contributed by atoms with Crippen LogP contribution >= 0.6 is 0 Å². The number of anilines is 1. The zero-order chi connectivity index (χ0) is 16.7. The lowest BCUT2D eigenvalue weighted by molar-refractivity contribution is 0.0690. The third kappa shape index (κ3) is 5.27. The largest absolute Gasteiger partial charge is 0.492 e. The van der Waals surface area contributed by atoms with Crippen LogP contribution in [0.4, 0.5) is 5.82 Å². The van der Waals surface area contributed by atoms with E-state index in [0.29, 0.717) is 19.0 Å². The summed E-state index contributed by atoms with van der Waals surface area (Å²) in [4.78, 5) is 17.0. The van der Waals surface area contributed by atoms with Gasteiger partial charge in [0.15, 0.2) is 5.69 Å². The van der Waals surface area contributed by atoms with Crippen LogP contribution < -0.4 is 10.1 Å². The van der Waals surface area contributed by atoms with Crippen molar-refractivity contribution < 1.29 is 14.6 Å². The zero-order valence-electron chi connectivity index (χ0n) is 13.3. The number of hydrogen-bond donors (Lipinski definition) is 2. The Labute approximate surface area is 135 Å². The van der Waals surface area contributed by atoms with Crippen molar-refractivity contribution in [2.75, 3.05) is 32.6 Å². The Hall–Kier alpha value is -2.60. The fourth-order valence-electron chi connectivity index (χ4n) is 1.97. The summed E-state index contributed by atoms with van der Waals surface area (Å²) in [6, 6.07) is 12.6. The number of benzene rings is 1. The molecule has 2 N–H and O–H groups in total. The number of aromatic nitrogens is 1. The molecule has 0 saturated heterocycles. The van der Waals surface area contributed by atoms with E-state index in [-0.39, 0.29) is 5.69 Å². The van der Waals surface area contributed by atoms with Crippen molar-refractivity contribution in [2.45, 2.75) is 6.54 Å². The number of nitrogens with zero attached hydrogens (tertiary/aromatic N) is 2. The average molecular weight is 315 g/mol. The average Bonchev–Trinajstić information content (AvgIpc) is 2.54. The summed E-state index contributed by atoms with van der Waals surface area (Å²) in [6.07, 6.45) is 0. The maximum atomic E-state index is 10.9. The molecule has 1 aromatic carbocycles. The molecular formula is C17H21N3O3. The van der Waals surface area contributed by atoms with Crippen molar-refractivity contribution in [3.8, 4) is 5.75 Å². The van der Waals surface area contributed by atoms with E-state index < -0.39 is 5.97 Å². The topological polar surface area (TPSA) is 74.7 Å². The van der Waals surface area contributed by atoms with Gasteiger partial charge in [-0.1, -0.05) is 24.3 Å². The van der Waals surface area contributed by atoms with Crippen molar-refractivity contribution in [1.82, 2.24) is 9.88 Å². The first-order valence-corrected chi connectivity index (χ1v) is 7.36. The van der Waals surface area contributed by atoms with Gasteiger partial charge >= 0.3 is 5.97 Å². The number of nitrogens with one attached hydrogen (secondary N) is 1. The van der Waals surface area contributed by atoms with Crippen LogP contribution in [-0.2, 0) is 6.54 Å². The minimum absolute atomic E-state index is 0.0190. The number of rotatable bonds is 8. The second-order valence-electron chi connectivity index (χ2n) is 5.33. The molecule has 0 bridgehead atoms. The molecule has 23 heavy (non-hydrogen) atoms. The van der Waals surface area contributed by atoms with Gasteiger partial charge in [-0.2, -0.15) is 0 Å². The normalized spacial score (nSPS) is 10.6. The summed E-state index contributed by atoms with van der Waals surface area (Å²) in [5.74, 6) is 0.297. The number of carbonyl (C=O) groups is 1. The molecule has 122 valence electrons. The Bertz CT molecular complexity index is 659. The molecule has 0 aliphatic rings. The smallest absolute Gasteiger partial charge is 0.354 e. The minimum Gasteiger partial charge on any atom is -0.492 e. The first kappa shape index (κ1) is 16.8. The Balaban J connectivity index is 2.00. The highest BCUT2D eigenvalue weighted by Gasteiger charge is 2.07. The molecule has 0 saturated carbocycles. The molecule has 1 heterocycles. The molecule has 1 aromatic heterocycles. The van der Waals surface area contributed by atoms with Gasteiger partial charge in [0.1, 0.15) is 18.2 Å². The summed E-state index contributed by atoms with van der Waals surface area (Å²) in [6.45, 7) is 1.95. The number of para-hydroxylation sites is 1. The van der Waals surface area contributed by atoms with Gasteiger partial charge in [-0.05, 0) is 32.3 Å². The predicted molar refractivity (Wildman–Crippen MR) is 89.0 cm³/mol. The van der Waals surface area contributed by atoms with Gasteiger partial charge in [0.25, 0.3) is 0 Å². The molecule has 6 nitrogen and oxygen atoms in total. The number of pyridine rings is 1. The highest BCUT2D eigenvalue weighted by molar-refractivity contribution is 5.85. The summed E-state index contributed by atoms with van der Waals surface area (Å²) >= 11 is 0. The molecular weight excluding hydrogens is 294 g/mol. The van der Waals surface area contributed by atoms with E-state index in [9.17, 15) is 4.79 Å². The molecule has 0 spiro atoms. The summed E-state index contributed by atoms with van der Waals surface area (Å²) in [5, 5.41) is 12.1. The predicted octanol–water partition coefficient (Wildman–Crippen LogP) is 2.33. The molecule has 0 fully saturated rings. The van der Waals surface area contributed by atoms with E-state index in [2.05, 4.69) is 15.2 Å². The third-order valence-electron chi connectivity index (χ3n) is 3.20. The number of carboxylic acids is 1. The highest BCUT2D eigenvalue weighted by atomic mass is 16.5. The first-order chi connectivity index (χ1) is 11.1. The van der Waals surface area contributed by atoms with E-state index in [1.807, 2.05) is 38.4 Å². The Morgan fingerprint density at radius 3 is 2.74 bits per heavy atom. The number of aromatic carboxylic acids is 1. The number of likely N-dealkylation sites (N-methyl/N-ethyl adjacent to an activating group) is 1. The molecule has 2 rings (SSSR count). The van der Waals surface area contributed by atoms with Crippen molar-refractivity contribution >= 4 is 11.8 Å².